The summed E-state index contributed by atoms with van der Waals surface area (Å²) in [5.41, 5.74) is 0.272. The lowest BCUT2D eigenvalue weighted by atomic mass is 10.0. The van der Waals surface area contributed by atoms with E-state index in [1.807, 2.05) is 6.92 Å². The van der Waals surface area contributed by atoms with Crippen molar-refractivity contribution in [3.63, 3.8) is 0 Å². The number of rotatable bonds is 8. The van der Waals surface area contributed by atoms with Gasteiger partial charge >= 0.3 is 6.18 Å². The van der Waals surface area contributed by atoms with E-state index in [9.17, 15) is 36.3 Å². The summed E-state index contributed by atoms with van der Waals surface area (Å²) in [5.74, 6) is -1.30. The number of aliphatic hydroxyl groups is 1. The molecule has 4 atom stereocenters. The Morgan fingerprint density at radius 3 is 2.56 bits per heavy atom. The fraction of sp³-hybridized carbons (Fsp3) is 0.704. The number of anilines is 1. The number of nitrogens with one attached hydrogen (secondary N) is 1. The highest BCUT2D eigenvalue weighted by molar-refractivity contribution is 7.92. The number of carbonyl (C=O) groups excluding carboxylic acids is 2. The molecule has 0 aliphatic carbocycles. The Kier molecular flexibility index (Phi) is 12.7. The first-order chi connectivity index (χ1) is 19.0. The maximum Gasteiger partial charge on any atom is 0.389 e. The zero-order chi connectivity index (χ0) is 31.0. The molecule has 41 heavy (non-hydrogen) atoms. The number of hydrogen-bond acceptors (Lipinski definition) is 7. The zero-order valence-electron chi connectivity index (χ0n) is 24.2. The van der Waals surface area contributed by atoms with E-state index in [2.05, 4.69) is 4.72 Å². The lowest BCUT2D eigenvalue weighted by molar-refractivity contribution is -0.149. The lowest BCUT2D eigenvalue weighted by Crippen LogP contribution is -2.48. The Morgan fingerprint density at radius 1 is 1.27 bits per heavy atom. The van der Waals surface area contributed by atoms with Gasteiger partial charge in [0.25, 0.3) is 5.91 Å². The number of ether oxygens (including phenoxy) is 2. The van der Waals surface area contributed by atoms with Gasteiger partial charge in [-0.2, -0.15) is 13.2 Å². The lowest BCUT2D eigenvalue weighted by Gasteiger charge is -2.36. The van der Waals surface area contributed by atoms with Gasteiger partial charge in [-0.25, -0.2) is 8.42 Å². The van der Waals surface area contributed by atoms with Crippen LogP contribution >= 0.6 is 0 Å². The van der Waals surface area contributed by atoms with Crippen LogP contribution in [0.3, 0.4) is 0 Å². The first-order valence-corrected chi connectivity index (χ1v) is 15.5. The van der Waals surface area contributed by atoms with Crippen molar-refractivity contribution in [1.29, 1.82) is 0 Å². The van der Waals surface area contributed by atoms with Crippen LogP contribution in [0.4, 0.5) is 18.9 Å². The molecule has 0 saturated heterocycles. The van der Waals surface area contributed by atoms with Crippen LogP contribution in [0, 0.1) is 5.92 Å². The van der Waals surface area contributed by atoms with Crippen molar-refractivity contribution < 1.29 is 45.8 Å². The molecule has 1 aliphatic heterocycles. The first-order valence-electron chi connectivity index (χ1n) is 13.6. The number of halogens is 3. The number of sulfonamides is 1. The zero-order valence-corrected chi connectivity index (χ0v) is 25.1. The molecule has 0 aromatic heterocycles. The summed E-state index contributed by atoms with van der Waals surface area (Å²) in [7, 11) is -2.21. The normalized spacial score (nSPS) is 22.2. The predicted octanol–water partition coefficient (Wildman–Crippen LogP) is 3.65. The van der Waals surface area contributed by atoms with E-state index in [1.54, 1.807) is 13.8 Å². The molecule has 1 aliphatic rings. The molecule has 10 nitrogen and oxygen atoms in total. The number of alkyl halides is 3. The van der Waals surface area contributed by atoms with Gasteiger partial charge in [0.2, 0.25) is 15.9 Å². The van der Waals surface area contributed by atoms with Crippen molar-refractivity contribution in [2.75, 3.05) is 44.3 Å². The minimum absolute atomic E-state index is 0.0198. The average Bonchev–Trinajstić information content (AvgIpc) is 2.87. The minimum atomic E-state index is -4.44. The maximum atomic E-state index is 13.9. The molecule has 0 spiro atoms. The van der Waals surface area contributed by atoms with Gasteiger partial charge in [0, 0.05) is 44.8 Å². The second-order valence-electron chi connectivity index (χ2n) is 10.8. The molecule has 1 aromatic rings. The number of benzene rings is 1. The SMILES string of the molecule is C[C@@H]1CN([C@H](C)CO)C(=O)c2cc(NS(C)(=O)=O)ccc2O[C@@H](C)CCCCO[C@@H]1CN(C)C(=O)CCC(F)(F)F. The van der Waals surface area contributed by atoms with Crippen LogP contribution in [0.25, 0.3) is 0 Å². The Morgan fingerprint density at radius 2 is 1.95 bits per heavy atom. The minimum Gasteiger partial charge on any atom is -0.490 e. The quantitative estimate of drug-likeness (QED) is 0.461. The van der Waals surface area contributed by atoms with Crippen molar-refractivity contribution in [2.24, 2.45) is 5.92 Å². The molecule has 14 heteroatoms. The van der Waals surface area contributed by atoms with E-state index in [1.165, 1.54) is 35.0 Å². The van der Waals surface area contributed by atoms with Gasteiger partial charge in [-0.15, -0.1) is 0 Å². The highest BCUT2D eigenvalue weighted by atomic mass is 32.2. The van der Waals surface area contributed by atoms with Crippen LogP contribution in [0.1, 0.15) is 63.2 Å². The van der Waals surface area contributed by atoms with Crippen LogP contribution in [0.2, 0.25) is 0 Å². The average molecular weight is 610 g/mol. The van der Waals surface area contributed by atoms with Gasteiger partial charge in [0.05, 0.1) is 43.1 Å². The summed E-state index contributed by atoms with van der Waals surface area (Å²) in [6.07, 6.45) is -4.20. The van der Waals surface area contributed by atoms with Crippen LogP contribution in [-0.2, 0) is 19.6 Å². The molecule has 0 fully saturated rings. The molecular formula is C27H42F3N3O7S. The standard InChI is InChI=1S/C27H42F3N3O7S/c1-18-15-33(19(2)17-34)26(36)22-14-21(31-41(5,37)38)9-10-23(22)40-20(3)8-6-7-13-39-24(18)16-32(4)25(35)11-12-27(28,29)30/h9-10,14,18-20,24,31,34H,6-8,11-13,15-17H2,1-5H3/t18-,19-,20+,24-/m1/s1. The predicted molar refractivity (Wildman–Crippen MR) is 148 cm³/mol. The van der Waals surface area contributed by atoms with Crippen LogP contribution in [0.5, 0.6) is 5.75 Å². The highest BCUT2D eigenvalue weighted by Gasteiger charge is 2.32. The Bertz CT molecular complexity index is 1130. The van der Waals surface area contributed by atoms with Crippen molar-refractivity contribution in [3.05, 3.63) is 23.8 Å². The topological polar surface area (TPSA) is 125 Å². The number of nitrogens with zero attached hydrogens (tertiary/aromatic N) is 2. The van der Waals surface area contributed by atoms with Gasteiger partial charge in [0.15, 0.2) is 0 Å². The molecule has 0 bridgehead atoms. The van der Waals surface area contributed by atoms with E-state index in [-0.39, 0.29) is 42.8 Å². The Hall–Kier alpha value is -2.58. The second kappa shape index (κ2) is 15.1. The molecule has 0 radical (unpaired) electrons. The maximum absolute atomic E-state index is 13.9. The number of amides is 2. The Balaban J connectivity index is 2.42. The monoisotopic (exact) mass is 609 g/mol. The van der Waals surface area contributed by atoms with Crippen LogP contribution in [0.15, 0.2) is 18.2 Å². The van der Waals surface area contributed by atoms with Gasteiger partial charge in [-0.3, -0.25) is 14.3 Å². The molecule has 2 rings (SSSR count). The van der Waals surface area contributed by atoms with Gasteiger partial charge in [0.1, 0.15) is 5.75 Å². The molecule has 1 aromatic carbocycles. The fourth-order valence-corrected chi connectivity index (χ4v) is 5.03. The number of aliphatic hydroxyl groups excluding tert-OH is 1. The molecule has 2 amide bonds. The van der Waals surface area contributed by atoms with Crippen molar-refractivity contribution in [2.45, 2.75) is 77.3 Å². The first kappa shape index (κ1) is 34.6. The van der Waals surface area contributed by atoms with Gasteiger partial charge in [-0.1, -0.05) is 6.92 Å². The van der Waals surface area contributed by atoms with Crippen LogP contribution < -0.4 is 9.46 Å². The molecule has 234 valence electrons. The van der Waals surface area contributed by atoms with E-state index < -0.39 is 58.9 Å². The number of carbonyl (C=O) groups is 2. The second-order valence-corrected chi connectivity index (χ2v) is 12.5. The number of fused-ring (bicyclic) bond motifs is 1. The molecular weight excluding hydrogens is 567 g/mol. The fourth-order valence-electron chi connectivity index (χ4n) is 4.47. The highest BCUT2D eigenvalue weighted by Crippen LogP contribution is 2.29. The summed E-state index contributed by atoms with van der Waals surface area (Å²) in [6, 6.07) is 3.77. The molecule has 0 saturated carbocycles. The molecule has 0 unspecified atom stereocenters. The van der Waals surface area contributed by atoms with Gasteiger partial charge in [-0.05, 0) is 51.3 Å². The smallest absolute Gasteiger partial charge is 0.389 e. The van der Waals surface area contributed by atoms with Crippen LogP contribution in [-0.4, -0.2) is 99.2 Å². The van der Waals surface area contributed by atoms with E-state index in [0.717, 1.165) is 12.7 Å². The van der Waals surface area contributed by atoms with Gasteiger partial charge < -0.3 is 24.4 Å². The third-order valence-corrected chi connectivity index (χ3v) is 7.46. The summed E-state index contributed by atoms with van der Waals surface area (Å²) in [6.45, 7) is 5.37. The third kappa shape index (κ3) is 11.7. The van der Waals surface area contributed by atoms with Crippen molar-refractivity contribution in [1.82, 2.24) is 9.80 Å². The van der Waals surface area contributed by atoms with E-state index in [4.69, 9.17) is 9.47 Å². The molecule has 2 N–H and O–H groups in total. The summed E-state index contributed by atoms with van der Waals surface area (Å²) < 4.78 is 76.2. The largest absolute Gasteiger partial charge is 0.490 e. The van der Waals surface area contributed by atoms with Crippen molar-refractivity contribution in [3.8, 4) is 5.75 Å². The molecule has 1 heterocycles. The Labute approximate surface area is 240 Å². The van der Waals surface area contributed by atoms with Crippen molar-refractivity contribution >= 4 is 27.5 Å². The summed E-state index contributed by atoms with van der Waals surface area (Å²) in [4.78, 5) is 29.0. The van der Waals surface area contributed by atoms with E-state index in [0.29, 0.717) is 19.4 Å². The summed E-state index contributed by atoms with van der Waals surface area (Å²) >= 11 is 0. The number of likely N-dealkylation sites (N-methyl/N-ethyl adjacent to an activating group) is 1. The van der Waals surface area contributed by atoms with E-state index >= 15 is 0 Å². The number of hydrogen-bond donors (Lipinski definition) is 2. The third-order valence-electron chi connectivity index (χ3n) is 6.86. The summed E-state index contributed by atoms with van der Waals surface area (Å²) in [5, 5.41) is 9.98.